The molecule has 1 aromatic heterocycles. The van der Waals surface area contributed by atoms with Crippen LogP contribution in [-0.4, -0.2) is 20.7 Å². The highest BCUT2D eigenvalue weighted by Gasteiger charge is 2.19. The fourth-order valence-corrected chi connectivity index (χ4v) is 1.80. The number of nitrogens with zero attached hydrogens (tertiary/aromatic N) is 2. The van der Waals surface area contributed by atoms with Crippen LogP contribution in [0.4, 0.5) is 5.82 Å². The fourth-order valence-electron chi connectivity index (χ4n) is 1.63. The van der Waals surface area contributed by atoms with E-state index in [0.29, 0.717) is 10.8 Å². The zero-order valence-electron chi connectivity index (χ0n) is 9.95. The van der Waals surface area contributed by atoms with Gasteiger partial charge in [0.15, 0.2) is 5.82 Å². The number of hydrogen-bond acceptors (Lipinski definition) is 4. The maximum atomic E-state index is 5.63. The molecule has 4 nitrogen and oxygen atoms in total. The summed E-state index contributed by atoms with van der Waals surface area (Å²) in [6.07, 6.45) is 3.73. The third-order valence-electron chi connectivity index (χ3n) is 2.32. The van der Waals surface area contributed by atoms with E-state index in [4.69, 9.17) is 18.0 Å². The molecule has 0 radical (unpaired) electrons. The Kier molecular flexibility index (Phi) is 4.18. The lowest BCUT2D eigenvalue weighted by Gasteiger charge is -2.27. The number of nitrogens with two attached hydrogens (primary N) is 1. The molecule has 0 fully saturated rings. The predicted molar refractivity (Wildman–Crippen MR) is 70.5 cm³/mol. The molecule has 0 spiro atoms. The van der Waals surface area contributed by atoms with Crippen molar-refractivity contribution in [1.29, 1.82) is 0 Å². The molecule has 0 saturated carbocycles. The Balaban J connectivity index is 2.92. The summed E-state index contributed by atoms with van der Waals surface area (Å²) in [6.45, 7) is 6.39. The molecule has 0 aliphatic carbocycles. The topological polar surface area (TPSA) is 63.8 Å². The van der Waals surface area contributed by atoms with Crippen LogP contribution in [0.1, 0.15) is 39.2 Å². The molecule has 0 aliphatic rings. The van der Waals surface area contributed by atoms with Gasteiger partial charge in [-0.15, -0.1) is 5.10 Å². The van der Waals surface area contributed by atoms with Crippen LogP contribution in [0.3, 0.4) is 0 Å². The van der Waals surface area contributed by atoms with Gasteiger partial charge >= 0.3 is 0 Å². The summed E-state index contributed by atoms with van der Waals surface area (Å²) >= 11 is 4.97. The van der Waals surface area contributed by atoms with Crippen molar-refractivity contribution in [2.45, 2.75) is 39.2 Å². The van der Waals surface area contributed by atoms with Crippen LogP contribution in [0.25, 0.3) is 0 Å². The minimum Gasteiger partial charge on any atom is -0.389 e. The molecule has 0 aliphatic heterocycles. The third kappa shape index (κ3) is 3.41. The van der Waals surface area contributed by atoms with Crippen LogP contribution < -0.4 is 11.1 Å². The third-order valence-corrected chi connectivity index (χ3v) is 2.54. The van der Waals surface area contributed by atoms with Crippen molar-refractivity contribution in [2.24, 2.45) is 5.73 Å². The van der Waals surface area contributed by atoms with Crippen molar-refractivity contribution in [3.63, 3.8) is 0 Å². The van der Waals surface area contributed by atoms with Crippen molar-refractivity contribution >= 4 is 23.0 Å². The van der Waals surface area contributed by atoms with Gasteiger partial charge in [0.05, 0.1) is 11.8 Å². The highest BCUT2D eigenvalue weighted by atomic mass is 32.1. The largest absolute Gasteiger partial charge is 0.389 e. The Bertz CT molecular complexity index is 376. The van der Waals surface area contributed by atoms with Crippen LogP contribution in [0.5, 0.6) is 0 Å². The Morgan fingerprint density at radius 2 is 2.25 bits per heavy atom. The average Bonchev–Trinajstić information content (AvgIpc) is 2.17. The van der Waals surface area contributed by atoms with Crippen molar-refractivity contribution < 1.29 is 0 Å². The lowest BCUT2D eigenvalue weighted by Crippen LogP contribution is -2.32. The van der Waals surface area contributed by atoms with Crippen molar-refractivity contribution in [3.8, 4) is 0 Å². The Morgan fingerprint density at radius 1 is 1.56 bits per heavy atom. The Morgan fingerprint density at radius 3 is 2.81 bits per heavy atom. The SMILES string of the molecule is CCCC(C)(C)Nc1nnccc1C(N)=S. The molecule has 0 amide bonds. The smallest absolute Gasteiger partial charge is 0.159 e. The molecule has 5 heteroatoms. The first-order chi connectivity index (χ1) is 7.46. The number of aromatic nitrogens is 2. The van der Waals surface area contributed by atoms with Crippen LogP contribution in [0.15, 0.2) is 12.3 Å². The number of rotatable bonds is 5. The van der Waals surface area contributed by atoms with Gasteiger partial charge in [0, 0.05) is 5.54 Å². The molecular weight excluding hydrogens is 220 g/mol. The normalized spacial score (nSPS) is 11.2. The predicted octanol–water partition coefficient (Wildman–Crippen LogP) is 2.10. The van der Waals surface area contributed by atoms with Gasteiger partial charge in [-0.1, -0.05) is 25.6 Å². The van der Waals surface area contributed by atoms with Gasteiger partial charge in [0.25, 0.3) is 0 Å². The lowest BCUT2D eigenvalue weighted by atomic mass is 9.99. The number of thiocarbonyl (C=S) groups is 1. The van der Waals surface area contributed by atoms with Crippen molar-refractivity contribution in [3.05, 3.63) is 17.8 Å². The van der Waals surface area contributed by atoms with Crippen LogP contribution in [0.2, 0.25) is 0 Å². The van der Waals surface area contributed by atoms with E-state index in [9.17, 15) is 0 Å². The summed E-state index contributed by atoms with van der Waals surface area (Å²) in [7, 11) is 0. The van der Waals surface area contributed by atoms with E-state index in [-0.39, 0.29) is 5.54 Å². The molecule has 0 atom stereocenters. The van der Waals surface area contributed by atoms with Crippen LogP contribution in [0, 0.1) is 0 Å². The van der Waals surface area contributed by atoms with E-state index in [2.05, 4.69) is 36.3 Å². The van der Waals surface area contributed by atoms with E-state index < -0.39 is 0 Å². The summed E-state index contributed by atoms with van der Waals surface area (Å²) in [5.74, 6) is 0.661. The minimum atomic E-state index is -0.0374. The van der Waals surface area contributed by atoms with Gasteiger partial charge in [-0.05, 0) is 26.3 Å². The second-order valence-corrected chi connectivity index (χ2v) is 4.86. The number of nitrogens with one attached hydrogen (secondary N) is 1. The van der Waals surface area contributed by atoms with Gasteiger partial charge in [-0.3, -0.25) is 0 Å². The Labute approximate surface area is 102 Å². The van der Waals surface area contributed by atoms with Gasteiger partial charge in [0.1, 0.15) is 4.99 Å². The maximum absolute atomic E-state index is 5.63. The van der Waals surface area contributed by atoms with Crippen LogP contribution >= 0.6 is 12.2 Å². The molecule has 3 N–H and O–H groups in total. The Hall–Kier alpha value is -1.23. The first-order valence-electron chi connectivity index (χ1n) is 5.36. The fraction of sp³-hybridized carbons (Fsp3) is 0.545. The molecule has 88 valence electrons. The number of hydrogen-bond donors (Lipinski definition) is 2. The van der Waals surface area contributed by atoms with Crippen molar-refractivity contribution in [1.82, 2.24) is 10.2 Å². The standard InChI is InChI=1S/C11H18N4S/c1-4-6-11(2,3)14-10-8(9(12)16)5-7-13-15-10/h5,7H,4,6H2,1-3H3,(H2,12,16)(H,14,15). The van der Waals surface area contributed by atoms with Crippen LogP contribution in [-0.2, 0) is 0 Å². The highest BCUT2D eigenvalue weighted by molar-refractivity contribution is 7.80. The first-order valence-corrected chi connectivity index (χ1v) is 5.77. The zero-order chi connectivity index (χ0) is 12.2. The van der Waals surface area contributed by atoms with E-state index in [1.807, 2.05) is 0 Å². The highest BCUT2D eigenvalue weighted by Crippen LogP contribution is 2.20. The maximum Gasteiger partial charge on any atom is 0.159 e. The lowest BCUT2D eigenvalue weighted by molar-refractivity contribution is 0.508. The van der Waals surface area contributed by atoms with Gasteiger partial charge in [-0.25, -0.2) is 0 Å². The molecule has 16 heavy (non-hydrogen) atoms. The minimum absolute atomic E-state index is 0.0374. The van der Waals surface area contributed by atoms with Gasteiger partial charge < -0.3 is 11.1 Å². The monoisotopic (exact) mass is 238 g/mol. The molecule has 0 unspecified atom stereocenters. The first kappa shape index (κ1) is 12.8. The molecule has 1 aromatic rings. The van der Waals surface area contributed by atoms with Gasteiger partial charge in [0.2, 0.25) is 0 Å². The summed E-state index contributed by atoms with van der Waals surface area (Å²) < 4.78 is 0. The van der Waals surface area contributed by atoms with E-state index in [0.717, 1.165) is 18.4 Å². The average molecular weight is 238 g/mol. The zero-order valence-corrected chi connectivity index (χ0v) is 10.8. The van der Waals surface area contributed by atoms with E-state index in [1.165, 1.54) is 0 Å². The van der Waals surface area contributed by atoms with Gasteiger partial charge in [-0.2, -0.15) is 5.10 Å². The summed E-state index contributed by atoms with van der Waals surface area (Å²) in [6, 6.07) is 1.78. The second kappa shape index (κ2) is 5.21. The second-order valence-electron chi connectivity index (χ2n) is 4.42. The molecule has 0 saturated heterocycles. The summed E-state index contributed by atoms with van der Waals surface area (Å²) in [5.41, 5.74) is 6.34. The molecule has 0 bridgehead atoms. The van der Waals surface area contributed by atoms with Crippen molar-refractivity contribution in [2.75, 3.05) is 5.32 Å². The molecule has 1 heterocycles. The quantitative estimate of drug-likeness (QED) is 0.769. The molecule has 1 rings (SSSR count). The molecule has 0 aromatic carbocycles. The van der Waals surface area contributed by atoms with E-state index >= 15 is 0 Å². The number of anilines is 1. The summed E-state index contributed by atoms with van der Waals surface area (Å²) in [4.78, 5) is 0.338. The molecular formula is C11H18N4S. The summed E-state index contributed by atoms with van der Waals surface area (Å²) in [5, 5.41) is 11.2. The van der Waals surface area contributed by atoms with E-state index in [1.54, 1.807) is 12.3 Å².